The molecule has 1 aliphatic heterocycles. The first-order valence-corrected chi connectivity index (χ1v) is 11.5. The zero-order valence-corrected chi connectivity index (χ0v) is 18.1. The van der Waals surface area contributed by atoms with E-state index in [1.165, 1.54) is 12.3 Å². The van der Waals surface area contributed by atoms with Gasteiger partial charge in [-0.1, -0.05) is 6.08 Å². The second kappa shape index (κ2) is 8.60. The van der Waals surface area contributed by atoms with Crippen LogP contribution in [0.5, 0.6) is 0 Å². The Morgan fingerprint density at radius 1 is 1.35 bits per heavy atom. The van der Waals surface area contributed by atoms with E-state index in [0.717, 1.165) is 28.9 Å². The van der Waals surface area contributed by atoms with E-state index >= 15 is 0 Å². The van der Waals surface area contributed by atoms with Crippen LogP contribution >= 0.6 is 0 Å². The topological polar surface area (TPSA) is 148 Å². The molecule has 0 saturated heterocycles. The van der Waals surface area contributed by atoms with Gasteiger partial charge in [0.05, 0.1) is 6.54 Å². The van der Waals surface area contributed by atoms with Crippen LogP contribution < -0.4 is 16.2 Å². The summed E-state index contributed by atoms with van der Waals surface area (Å²) in [7, 11) is -4.01. The number of amides is 1. The highest BCUT2D eigenvalue weighted by atomic mass is 32.2. The Labute approximate surface area is 180 Å². The lowest BCUT2D eigenvalue weighted by molar-refractivity contribution is -0.123. The van der Waals surface area contributed by atoms with Crippen LogP contribution in [0.15, 0.2) is 47.7 Å². The minimum absolute atomic E-state index is 0.385. The highest BCUT2D eigenvalue weighted by Crippen LogP contribution is 2.24. The van der Waals surface area contributed by atoms with E-state index < -0.39 is 32.2 Å². The SMILES string of the molecule is CC(C(N)=O)(C(O)Cn1ccc(C2=CCN(c3ncccn3)CC2)cc1=O)S(C)(=O)=O. The predicted molar refractivity (Wildman–Crippen MR) is 116 cm³/mol. The molecule has 0 aromatic carbocycles. The number of nitrogens with two attached hydrogens (primary N) is 1. The first-order valence-electron chi connectivity index (χ1n) is 9.63. The summed E-state index contributed by atoms with van der Waals surface area (Å²) < 4.78 is 23.0. The second-order valence-corrected chi connectivity index (χ2v) is 10.0. The van der Waals surface area contributed by atoms with Crippen molar-refractivity contribution < 1.29 is 18.3 Å². The number of sulfone groups is 1. The van der Waals surface area contributed by atoms with E-state index in [9.17, 15) is 23.1 Å². The third kappa shape index (κ3) is 4.52. The lowest BCUT2D eigenvalue weighted by Crippen LogP contribution is -2.57. The number of hydrogen-bond acceptors (Lipinski definition) is 8. The van der Waals surface area contributed by atoms with Crippen LogP contribution in [0.3, 0.4) is 0 Å². The number of pyridine rings is 1. The molecule has 0 radical (unpaired) electrons. The van der Waals surface area contributed by atoms with E-state index in [1.54, 1.807) is 24.5 Å². The van der Waals surface area contributed by atoms with E-state index in [4.69, 9.17) is 5.73 Å². The molecule has 1 aliphatic rings. The maximum atomic E-state index is 12.6. The fourth-order valence-corrected chi connectivity index (χ4v) is 4.31. The summed E-state index contributed by atoms with van der Waals surface area (Å²) >= 11 is 0. The van der Waals surface area contributed by atoms with Gasteiger partial charge in [-0.3, -0.25) is 9.59 Å². The molecule has 0 saturated carbocycles. The van der Waals surface area contributed by atoms with Crippen LogP contribution in [0.4, 0.5) is 5.95 Å². The smallest absolute Gasteiger partial charge is 0.251 e. The second-order valence-electron chi connectivity index (χ2n) is 7.64. The molecule has 31 heavy (non-hydrogen) atoms. The molecule has 166 valence electrons. The Hall–Kier alpha value is -3.05. The summed E-state index contributed by atoms with van der Waals surface area (Å²) in [6, 6.07) is 4.90. The minimum atomic E-state index is -4.01. The molecule has 2 aromatic rings. The zero-order chi connectivity index (χ0) is 22.8. The summed E-state index contributed by atoms with van der Waals surface area (Å²) in [5, 5.41) is 10.4. The van der Waals surface area contributed by atoms with Gasteiger partial charge in [0.2, 0.25) is 11.9 Å². The number of rotatable bonds is 7. The summed E-state index contributed by atoms with van der Waals surface area (Å²) in [6.45, 7) is 1.98. The van der Waals surface area contributed by atoms with Crippen LogP contribution in [0.25, 0.3) is 5.57 Å². The molecule has 1 amide bonds. The number of hydrogen-bond donors (Lipinski definition) is 2. The van der Waals surface area contributed by atoms with Crippen molar-refractivity contribution in [2.45, 2.75) is 30.7 Å². The van der Waals surface area contributed by atoms with Crippen LogP contribution in [-0.4, -0.2) is 64.2 Å². The number of primary amides is 1. The van der Waals surface area contributed by atoms with Crippen molar-refractivity contribution in [1.29, 1.82) is 0 Å². The normalized spacial score (nSPS) is 17.5. The number of aliphatic hydroxyl groups is 1. The van der Waals surface area contributed by atoms with Crippen molar-refractivity contribution in [1.82, 2.24) is 14.5 Å². The van der Waals surface area contributed by atoms with Gasteiger partial charge < -0.3 is 20.3 Å². The standard InChI is InChI=1S/C20H25N5O5S/c1-20(18(21)28,31(2,29)30)16(26)13-25-11-6-15(12-17(25)27)14-4-9-24(10-5-14)19-22-7-3-8-23-19/h3-4,6-8,11-12,16,26H,5,9-10,13H2,1-2H3,(H2,21,28). The molecule has 0 aliphatic carbocycles. The fourth-order valence-electron chi connectivity index (χ4n) is 3.38. The quantitative estimate of drug-likeness (QED) is 0.581. The number of aliphatic hydroxyl groups excluding tert-OH is 1. The van der Waals surface area contributed by atoms with E-state index in [1.807, 2.05) is 11.0 Å². The number of anilines is 1. The van der Waals surface area contributed by atoms with Crippen LogP contribution in [0, 0.1) is 0 Å². The molecule has 2 aromatic heterocycles. The maximum Gasteiger partial charge on any atom is 0.251 e. The highest BCUT2D eigenvalue weighted by molar-refractivity contribution is 7.92. The van der Waals surface area contributed by atoms with Gasteiger partial charge in [0.25, 0.3) is 5.56 Å². The number of carbonyl (C=O) groups is 1. The van der Waals surface area contributed by atoms with Crippen molar-refractivity contribution in [3.8, 4) is 0 Å². The van der Waals surface area contributed by atoms with Gasteiger partial charge in [-0.15, -0.1) is 0 Å². The molecule has 0 fully saturated rings. The summed E-state index contributed by atoms with van der Waals surface area (Å²) in [6.07, 6.45) is 6.67. The average Bonchev–Trinajstić information content (AvgIpc) is 2.74. The molecule has 2 atom stereocenters. The van der Waals surface area contributed by atoms with Gasteiger partial charge in [0.15, 0.2) is 14.6 Å². The monoisotopic (exact) mass is 447 g/mol. The highest BCUT2D eigenvalue weighted by Gasteiger charge is 2.48. The molecule has 11 heteroatoms. The fraction of sp³-hybridized carbons (Fsp3) is 0.400. The van der Waals surface area contributed by atoms with Crippen LogP contribution in [0.1, 0.15) is 18.9 Å². The molecular weight excluding hydrogens is 422 g/mol. The molecule has 0 bridgehead atoms. The Morgan fingerprint density at radius 3 is 2.55 bits per heavy atom. The minimum Gasteiger partial charge on any atom is -0.389 e. The number of carbonyl (C=O) groups excluding carboxylic acids is 1. The molecular formula is C20H25N5O5S. The molecule has 3 heterocycles. The van der Waals surface area contributed by atoms with Crippen molar-refractivity contribution >= 4 is 27.3 Å². The molecule has 10 nitrogen and oxygen atoms in total. The number of nitrogens with zero attached hydrogens (tertiary/aromatic N) is 4. The Balaban J connectivity index is 1.77. The van der Waals surface area contributed by atoms with Crippen molar-refractivity contribution in [2.24, 2.45) is 5.73 Å². The summed E-state index contributed by atoms with van der Waals surface area (Å²) in [4.78, 5) is 34.8. The Kier molecular flexibility index (Phi) is 6.27. The van der Waals surface area contributed by atoms with Crippen molar-refractivity contribution in [3.05, 3.63) is 58.8 Å². The first-order chi connectivity index (χ1) is 14.5. The lowest BCUT2D eigenvalue weighted by Gasteiger charge is -2.30. The lowest BCUT2D eigenvalue weighted by atomic mass is 10.00. The molecule has 0 spiro atoms. The average molecular weight is 448 g/mol. The Morgan fingerprint density at radius 2 is 2.03 bits per heavy atom. The maximum absolute atomic E-state index is 12.6. The van der Waals surface area contributed by atoms with Gasteiger partial charge >= 0.3 is 0 Å². The van der Waals surface area contributed by atoms with Crippen molar-refractivity contribution in [2.75, 3.05) is 24.2 Å². The summed E-state index contributed by atoms with van der Waals surface area (Å²) in [5.74, 6) is -0.530. The van der Waals surface area contributed by atoms with Gasteiger partial charge in [-0.2, -0.15) is 0 Å². The van der Waals surface area contributed by atoms with Crippen molar-refractivity contribution in [3.63, 3.8) is 0 Å². The predicted octanol–water partition coefficient (Wildman–Crippen LogP) is -0.418. The van der Waals surface area contributed by atoms with E-state index in [2.05, 4.69) is 9.97 Å². The Bertz CT molecular complexity index is 1160. The molecule has 2 unspecified atom stereocenters. The number of aromatic nitrogens is 3. The molecule has 3 rings (SSSR count). The first kappa shape index (κ1) is 22.6. The van der Waals surface area contributed by atoms with E-state index in [0.29, 0.717) is 25.5 Å². The van der Waals surface area contributed by atoms with Crippen LogP contribution in [0.2, 0.25) is 0 Å². The third-order valence-electron chi connectivity index (χ3n) is 5.68. The van der Waals surface area contributed by atoms with Gasteiger partial charge in [-0.05, 0) is 36.6 Å². The molecule has 3 N–H and O–H groups in total. The van der Waals surface area contributed by atoms with Gasteiger partial charge in [0, 0.05) is 44.0 Å². The largest absolute Gasteiger partial charge is 0.389 e. The zero-order valence-electron chi connectivity index (χ0n) is 17.3. The van der Waals surface area contributed by atoms with Gasteiger partial charge in [0.1, 0.15) is 6.10 Å². The van der Waals surface area contributed by atoms with E-state index in [-0.39, 0.29) is 6.54 Å². The van der Waals surface area contributed by atoms with Gasteiger partial charge in [-0.25, -0.2) is 18.4 Å². The van der Waals surface area contributed by atoms with Crippen LogP contribution in [-0.2, 0) is 21.2 Å². The third-order valence-corrected chi connectivity index (χ3v) is 7.69. The summed E-state index contributed by atoms with van der Waals surface area (Å²) in [5.41, 5.74) is 6.55.